The van der Waals surface area contributed by atoms with Crippen LogP contribution in [0.5, 0.6) is 0 Å². The monoisotopic (exact) mass is 399 g/mol. The van der Waals surface area contributed by atoms with Crippen LogP contribution in [0.1, 0.15) is 45.4 Å². The lowest BCUT2D eigenvalue weighted by Crippen LogP contribution is -2.66. The number of likely N-dealkylation sites (tertiary alicyclic amines) is 1. The van der Waals surface area contributed by atoms with Gasteiger partial charge in [-0.1, -0.05) is 6.42 Å². The van der Waals surface area contributed by atoms with E-state index in [2.05, 4.69) is 20.2 Å². The highest BCUT2D eigenvalue weighted by Crippen LogP contribution is 2.50. The molecule has 5 rings (SSSR count). The molecule has 1 aromatic rings. The van der Waals surface area contributed by atoms with E-state index < -0.39 is 0 Å². The van der Waals surface area contributed by atoms with Crippen molar-refractivity contribution in [2.75, 3.05) is 26.2 Å². The molecule has 1 aliphatic carbocycles. The Morgan fingerprint density at radius 3 is 2.76 bits per heavy atom. The molecule has 0 aromatic carbocycles. The van der Waals surface area contributed by atoms with Gasteiger partial charge in [-0.3, -0.25) is 19.2 Å². The Kier molecular flexibility index (Phi) is 4.88. The highest BCUT2D eigenvalue weighted by molar-refractivity contribution is 5.85. The first-order valence-electron chi connectivity index (χ1n) is 11.3. The normalized spacial score (nSPS) is 33.1. The molecular formula is C22H33N5O2. The summed E-state index contributed by atoms with van der Waals surface area (Å²) in [6.45, 7) is 5.90. The van der Waals surface area contributed by atoms with E-state index in [1.807, 2.05) is 16.9 Å². The van der Waals surface area contributed by atoms with Gasteiger partial charge in [-0.2, -0.15) is 5.10 Å². The van der Waals surface area contributed by atoms with E-state index in [4.69, 9.17) is 0 Å². The molecule has 3 saturated heterocycles. The molecule has 4 heterocycles. The molecular weight excluding hydrogens is 366 g/mol. The van der Waals surface area contributed by atoms with E-state index in [0.717, 1.165) is 32.5 Å². The zero-order chi connectivity index (χ0) is 20.0. The molecule has 4 atom stereocenters. The van der Waals surface area contributed by atoms with Gasteiger partial charge in [-0.15, -0.1) is 0 Å². The number of hydrogen-bond donors (Lipinski definition) is 1. The average molecular weight is 400 g/mol. The minimum atomic E-state index is -0.239. The van der Waals surface area contributed by atoms with Crippen LogP contribution < -0.4 is 5.32 Å². The van der Waals surface area contributed by atoms with Gasteiger partial charge >= 0.3 is 0 Å². The fourth-order valence-electron chi connectivity index (χ4n) is 6.23. The summed E-state index contributed by atoms with van der Waals surface area (Å²) in [6, 6.07) is 2.85. The number of carbonyl (C=O) groups excluding carboxylic acids is 2. The predicted octanol–water partition coefficient (Wildman–Crippen LogP) is 1.50. The molecule has 0 radical (unpaired) electrons. The van der Waals surface area contributed by atoms with Crippen molar-refractivity contribution >= 4 is 11.8 Å². The second-order valence-corrected chi connectivity index (χ2v) is 9.76. The van der Waals surface area contributed by atoms with Crippen molar-refractivity contribution in [2.45, 2.75) is 64.1 Å². The van der Waals surface area contributed by atoms with E-state index in [1.165, 1.54) is 25.7 Å². The molecule has 29 heavy (non-hydrogen) atoms. The quantitative estimate of drug-likeness (QED) is 0.815. The molecule has 3 aliphatic heterocycles. The predicted molar refractivity (Wildman–Crippen MR) is 109 cm³/mol. The Morgan fingerprint density at radius 1 is 1.21 bits per heavy atom. The zero-order valence-corrected chi connectivity index (χ0v) is 17.4. The highest BCUT2D eigenvalue weighted by atomic mass is 16.2. The topological polar surface area (TPSA) is 70.5 Å². The van der Waals surface area contributed by atoms with Crippen molar-refractivity contribution in [2.24, 2.45) is 17.3 Å². The number of fused-ring (bicyclic) bond motifs is 4. The molecule has 0 unspecified atom stereocenters. The highest BCUT2D eigenvalue weighted by Gasteiger charge is 2.55. The fourth-order valence-corrected chi connectivity index (χ4v) is 6.23. The van der Waals surface area contributed by atoms with Gasteiger partial charge in [0.05, 0.1) is 12.0 Å². The van der Waals surface area contributed by atoms with E-state index in [-0.39, 0.29) is 11.3 Å². The first-order chi connectivity index (χ1) is 14.1. The number of carbonyl (C=O) groups is 2. The van der Waals surface area contributed by atoms with Crippen LogP contribution in [0.3, 0.4) is 0 Å². The summed E-state index contributed by atoms with van der Waals surface area (Å²) in [5, 5.41) is 7.40. The standard InChI is InChI=1S/C22H33N5O2/c1-16(28)23-12-20-18-11-17(19-5-2-3-10-27(19)20)13-25(14-18)21(29)22(6-7-22)15-26-9-4-8-24-26/h4,8-9,17-20H,2-3,5-7,10-15H2,1H3,(H,23,28)/t17-,18+,19+,20+/m1/s1. The maximum atomic E-state index is 13.6. The number of piperidine rings is 3. The third-order valence-corrected chi connectivity index (χ3v) is 7.80. The summed E-state index contributed by atoms with van der Waals surface area (Å²) in [7, 11) is 0. The van der Waals surface area contributed by atoms with Crippen molar-refractivity contribution in [3.8, 4) is 0 Å². The zero-order valence-electron chi connectivity index (χ0n) is 17.4. The molecule has 4 fully saturated rings. The first kappa shape index (κ1) is 19.1. The van der Waals surface area contributed by atoms with Gasteiger partial charge in [0.15, 0.2) is 0 Å². The fraction of sp³-hybridized carbons (Fsp3) is 0.773. The maximum Gasteiger partial charge on any atom is 0.230 e. The lowest BCUT2D eigenvalue weighted by Gasteiger charge is -2.57. The van der Waals surface area contributed by atoms with Crippen LogP contribution in [-0.2, 0) is 16.1 Å². The summed E-state index contributed by atoms with van der Waals surface area (Å²) in [5.74, 6) is 1.41. The van der Waals surface area contributed by atoms with Gasteiger partial charge < -0.3 is 10.2 Å². The minimum Gasteiger partial charge on any atom is -0.355 e. The number of rotatable bonds is 5. The molecule has 1 aromatic heterocycles. The molecule has 0 spiro atoms. The SMILES string of the molecule is CC(=O)NC[C@H]1[C@H]2C[C@H](CN(C(=O)C3(Cn4cccn4)CC3)C2)[C@@H]2CCCCN21. The Hall–Kier alpha value is -1.89. The van der Waals surface area contributed by atoms with E-state index in [9.17, 15) is 9.59 Å². The first-order valence-corrected chi connectivity index (χ1v) is 11.3. The van der Waals surface area contributed by atoms with Gasteiger partial charge in [0.1, 0.15) is 0 Å². The third-order valence-electron chi connectivity index (χ3n) is 7.80. The Bertz CT molecular complexity index is 759. The largest absolute Gasteiger partial charge is 0.355 e. The Morgan fingerprint density at radius 2 is 2.03 bits per heavy atom. The van der Waals surface area contributed by atoms with Crippen molar-refractivity contribution in [1.82, 2.24) is 24.9 Å². The van der Waals surface area contributed by atoms with Crippen molar-refractivity contribution in [3.63, 3.8) is 0 Å². The maximum absolute atomic E-state index is 13.6. The van der Waals surface area contributed by atoms with Crippen LogP contribution in [0.2, 0.25) is 0 Å². The van der Waals surface area contributed by atoms with Crippen LogP contribution in [0.15, 0.2) is 18.5 Å². The molecule has 158 valence electrons. The van der Waals surface area contributed by atoms with E-state index in [1.54, 1.807) is 13.1 Å². The summed E-state index contributed by atoms with van der Waals surface area (Å²) < 4.78 is 1.91. The number of nitrogens with zero attached hydrogens (tertiary/aromatic N) is 4. The molecule has 2 bridgehead atoms. The van der Waals surface area contributed by atoms with E-state index >= 15 is 0 Å². The molecule has 7 nitrogen and oxygen atoms in total. The third kappa shape index (κ3) is 3.58. The Balaban J connectivity index is 1.33. The second kappa shape index (κ2) is 7.42. The lowest BCUT2D eigenvalue weighted by atomic mass is 9.72. The number of amides is 2. The molecule has 2 amide bonds. The van der Waals surface area contributed by atoms with Crippen LogP contribution in [0, 0.1) is 17.3 Å². The second-order valence-electron chi connectivity index (χ2n) is 9.76. The summed E-state index contributed by atoms with van der Waals surface area (Å²) >= 11 is 0. The minimum absolute atomic E-state index is 0.0422. The van der Waals surface area contributed by atoms with Crippen LogP contribution in [-0.4, -0.2) is 69.7 Å². The summed E-state index contributed by atoms with van der Waals surface area (Å²) in [5.41, 5.74) is -0.239. The summed E-state index contributed by atoms with van der Waals surface area (Å²) in [6.07, 6.45) is 10.7. The van der Waals surface area contributed by atoms with Gasteiger partial charge in [-0.05, 0) is 56.6 Å². The smallest absolute Gasteiger partial charge is 0.230 e. The molecule has 7 heteroatoms. The lowest BCUT2D eigenvalue weighted by molar-refractivity contribution is -0.147. The number of aromatic nitrogens is 2. The van der Waals surface area contributed by atoms with Crippen LogP contribution >= 0.6 is 0 Å². The van der Waals surface area contributed by atoms with Crippen LogP contribution in [0.25, 0.3) is 0 Å². The molecule has 1 saturated carbocycles. The molecule has 4 aliphatic rings. The van der Waals surface area contributed by atoms with Crippen LogP contribution in [0.4, 0.5) is 0 Å². The number of nitrogens with one attached hydrogen (secondary N) is 1. The number of hydrogen-bond acceptors (Lipinski definition) is 4. The van der Waals surface area contributed by atoms with Gasteiger partial charge in [0, 0.05) is 51.0 Å². The molecule has 1 N–H and O–H groups in total. The van der Waals surface area contributed by atoms with E-state index in [0.29, 0.717) is 42.9 Å². The van der Waals surface area contributed by atoms with Gasteiger partial charge in [0.25, 0.3) is 0 Å². The van der Waals surface area contributed by atoms with Gasteiger partial charge in [-0.25, -0.2) is 0 Å². The van der Waals surface area contributed by atoms with Crippen molar-refractivity contribution in [3.05, 3.63) is 18.5 Å². The average Bonchev–Trinajstić information content (AvgIpc) is 3.32. The summed E-state index contributed by atoms with van der Waals surface area (Å²) in [4.78, 5) is 30.0. The van der Waals surface area contributed by atoms with Crippen molar-refractivity contribution in [1.29, 1.82) is 0 Å². The van der Waals surface area contributed by atoms with Crippen molar-refractivity contribution < 1.29 is 9.59 Å². The van der Waals surface area contributed by atoms with Gasteiger partial charge in [0.2, 0.25) is 11.8 Å². The Labute approximate surface area is 172 Å².